The van der Waals surface area contributed by atoms with Gasteiger partial charge in [-0.15, -0.1) is 0 Å². The van der Waals surface area contributed by atoms with E-state index in [4.69, 9.17) is 11.6 Å². The average Bonchev–Trinajstić information content (AvgIpc) is 2.49. The minimum atomic E-state index is -0.379. The molecule has 0 bridgehead atoms. The summed E-state index contributed by atoms with van der Waals surface area (Å²) < 4.78 is 12.9. The Hall–Kier alpha value is -2.44. The van der Waals surface area contributed by atoms with Crippen LogP contribution in [0.2, 0.25) is 5.02 Å². The van der Waals surface area contributed by atoms with Gasteiger partial charge in [-0.25, -0.2) is 4.39 Å². The summed E-state index contributed by atoms with van der Waals surface area (Å²) in [4.78, 5) is 12.4. The van der Waals surface area contributed by atoms with Crippen molar-refractivity contribution in [2.45, 2.75) is 6.92 Å². The van der Waals surface area contributed by atoms with Crippen LogP contribution in [0.3, 0.4) is 0 Å². The Balaban J connectivity index is 2.44. The van der Waals surface area contributed by atoms with E-state index in [1.54, 1.807) is 31.2 Å². The molecule has 0 atom stereocenters. The molecule has 0 spiro atoms. The van der Waals surface area contributed by atoms with E-state index in [0.717, 1.165) is 0 Å². The lowest BCUT2D eigenvalue weighted by molar-refractivity contribution is 0.103. The SMILES string of the molecule is C/C(=C(\C#N)C(=O)c1ccc(Cl)cc1)c1ccc(F)cc1. The van der Waals surface area contributed by atoms with Crippen LogP contribution in [-0.4, -0.2) is 5.78 Å². The van der Waals surface area contributed by atoms with Crippen molar-refractivity contribution in [3.05, 3.63) is 76.1 Å². The summed E-state index contributed by atoms with van der Waals surface area (Å²) in [6, 6.07) is 13.9. The first-order valence-electron chi connectivity index (χ1n) is 6.20. The zero-order valence-corrected chi connectivity index (χ0v) is 12.0. The van der Waals surface area contributed by atoms with E-state index < -0.39 is 0 Å². The number of Topliss-reactive ketones (excluding diaryl/α,β-unsaturated/α-hetero) is 1. The average molecular weight is 300 g/mol. The molecule has 0 saturated carbocycles. The molecule has 0 aliphatic carbocycles. The molecule has 2 aromatic rings. The highest BCUT2D eigenvalue weighted by atomic mass is 35.5. The van der Waals surface area contributed by atoms with Crippen LogP contribution < -0.4 is 0 Å². The summed E-state index contributed by atoms with van der Waals surface area (Å²) in [5, 5.41) is 9.79. The molecule has 2 nitrogen and oxygen atoms in total. The van der Waals surface area contributed by atoms with Crippen molar-refractivity contribution in [3.63, 3.8) is 0 Å². The van der Waals surface area contributed by atoms with Crippen LogP contribution in [0.15, 0.2) is 54.1 Å². The molecular formula is C17H11ClFNO. The Kier molecular flexibility index (Phi) is 4.52. The van der Waals surface area contributed by atoms with E-state index in [1.807, 2.05) is 6.07 Å². The fraction of sp³-hybridized carbons (Fsp3) is 0.0588. The van der Waals surface area contributed by atoms with Crippen LogP contribution >= 0.6 is 11.6 Å². The van der Waals surface area contributed by atoms with Crippen LogP contribution in [0.4, 0.5) is 4.39 Å². The monoisotopic (exact) mass is 299 g/mol. The lowest BCUT2D eigenvalue weighted by atomic mass is 9.96. The number of benzene rings is 2. The molecule has 0 radical (unpaired) electrons. The normalized spacial score (nSPS) is 11.5. The summed E-state index contributed by atoms with van der Waals surface area (Å²) in [7, 11) is 0. The van der Waals surface area contributed by atoms with Gasteiger partial charge in [-0.2, -0.15) is 5.26 Å². The highest BCUT2D eigenvalue weighted by molar-refractivity contribution is 6.30. The number of nitriles is 1. The first kappa shape index (κ1) is 15.0. The Bertz CT molecular complexity index is 740. The summed E-state index contributed by atoms with van der Waals surface area (Å²) in [6.45, 7) is 1.67. The Morgan fingerprint density at radius 3 is 2.10 bits per heavy atom. The highest BCUT2D eigenvalue weighted by Crippen LogP contribution is 2.22. The first-order valence-corrected chi connectivity index (χ1v) is 6.58. The molecule has 0 fully saturated rings. The molecule has 2 rings (SSSR count). The van der Waals surface area contributed by atoms with E-state index in [1.165, 1.54) is 24.3 Å². The van der Waals surface area contributed by atoms with Crippen molar-refractivity contribution in [1.29, 1.82) is 5.26 Å². The summed E-state index contributed by atoms with van der Waals surface area (Å²) in [5.74, 6) is -0.745. The molecule has 104 valence electrons. The summed E-state index contributed by atoms with van der Waals surface area (Å²) in [5.41, 5.74) is 1.56. The van der Waals surface area contributed by atoms with Gasteiger partial charge in [0.15, 0.2) is 0 Å². The quantitative estimate of drug-likeness (QED) is 0.470. The number of halogens is 2. The second-order valence-electron chi connectivity index (χ2n) is 4.45. The smallest absolute Gasteiger partial charge is 0.203 e. The fourth-order valence-electron chi connectivity index (χ4n) is 1.89. The Morgan fingerprint density at radius 1 is 1.05 bits per heavy atom. The first-order chi connectivity index (χ1) is 10.0. The van der Waals surface area contributed by atoms with Gasteiger partial charge in [0, 0.05) is 10.6 Å². The number of allylic oxidation sites excluding steroid dienone is 2. The van der Waals surface area contributed by atoms with Gasteiger partial charge in [0.05, 0.1) is 0 Å². The Morgan fingerprint density at radius 2 is 1.57 bits per heavy atom. The molecule has 0 aromatic heterocycles. The molecular weight excluding hydrogens is 289 g/mol. The van der Waals surface area contributed by atoms with Crippen LogP contribution in [0.5, 0.6) is 0 Å². The van der Waals surface area contributed by atoms with Crippen molar-refractivity contribution in [2.24, 2.45) is 0 Å². The van der Waals surface area contributed by atoms with Crippen LogP contribution in [-0.2, 0) is 0 Å². The minimum absolute atomic E-state index is 0.0314. The van der Waals surface area contributed by atoms with Gasteiger partial charge in [0.25, 0.3) is 0 Å². The van der Waals surface area contributed by atoms with Gasteiger partial charge in [-0.05, 0) is 54.5 Å². The molecule has 0 unspecified atom stereocenters. The second kappa shape index (κ2) is 6.34. The topological polar surface area (TPSA) is 40.9 Å². The van der Waals surface area contributed by atoms with Crippen molar-refractivity contribution in [3.8, 4) is 6.07 Å². The molecule has 0 amide bonds. The number of hydrogen-bond donors (Lipinski definition) is 0. The molecule has 0 saturated heterocycles. The van der Waals surface area contributed by atoms with Gasteiger partial charge in [-0.1, -0.05) is 23.7 Å². The third-order valence-corrected chi connectivity index (χ3v) is 3.35. The molecule has 0 aliphatic heterocycles. The number of carbonyl (C=O) groups excluding carboxylic acids is 1. The van der Waals surface area contributed by atoms with Crippen molar-refractivity contribution in [2.75, 3.05) is 0 Å². The van der Waals surface area contributed by atoms with Gasteiger partial charge >= 0.3 is 0 Å². The van der Waals surface area contributed by atoms with Crippen molar-refractivity contribution in [1.82, 2.24) is 0 Å². The van der Waals surface area contributed by atoms with Crippen LogP contribution in [0, 0.1) is 17.1 Å². The molecule has 2 aromatic carbocycles. The predicted molar refractivity (Wildman–Crippen MR) is 80.4 cm³/mol. The number of hydrogen-bond acceptors (Lipinski definition) is 2. The lowest BCUT2D eigenvalue weighted by Crippen LogP contribution is -2.04. The van der Waals surface area contributed by atoms with Crippen LogP contribution in [0.1, 0.15) is 22.8 Å². The Labute approximate surface area is 127 Å². The standard InChI is InChI=1S/C17H11ClFNO/c1-11(12-4-8-15(19)9-5-12)16(10-20)17(21)13-2-6-14(18)7-3-13/h2-9H,1H3/b16-11-. The van der Waals surface area contributed by atoms with Crippen molar-refractivity contribution >= 4 is 23.0 Å². The minimum Gasteiger partial charge on any atom is -0.288 e. The third-order valence-electron chi connectivity index (χ3n) is 3.10. The second-order valence-corrected chi connectivity index (χ2v) is 4.89. The third kappa shape index (κ3) is 3.36. The maximum absolute atomic E-state index is 12.9. The van der Waals surface area contributed by atoms with E-state index in [0.29, 0.717) is 21.7 Å². The number of rotatable bonds is 3. The zero-order valence-electron chi connectivity index (χ0n) is 11.2. The summed E-state index contributed by atoms with van der Waals surface area (Å²) >= 11 is 5.78. The van der Waals surface area contributed by atoms with Crippen LogP contribution in [0.25, 0.3) is 5.57 Å². The van der Waals surface area contributed by atoms with Gasteiger partial charge in [0.1, 0.15) is 17.5 Å². The van der Waals surface area contributed by atoms with Gasteiger partial charge in [0.2, 0.25) is 5.78 Å². The number of carbonyl (C=O) groups is 1. The molecule has 21 heavy (non-hydrogen) atoms. The lowest BCUT2D eigenvalue weighted by Gasteiger charge is -2.06. The van der Waals surface area contributed by atoms with Gasteiger partial charge in [-0.3, -0.25) is 4.79 Å². The van der Waals surface area contributed by atoms with E-state index in [-0.39, 0.29) is 17.2 Å². The molecule has 0 aliphatic rings. The fourth-order valence-corrected chi connectivity index (χ4v) is 2.02. The number of nitrogens with zero attached hydrogens (tertiary/aromatic N) is 1. The van der Waals surface area contributed by atoms with Crippen molar-refractivity contribution < 1.29 is 9.18 Å². The molecule has 0 heterocycles. The maximum atomic E-state index is 12.9. The van der Waals surface area contributed by atoms with Gasteiger partial charge < -0.3 is 0 Å². The van der Waals surface area contributed by atoms with E-state index in [9.17, 15) is 14.4 Å². The zero-order chi connectivity index (χ0) is 15.4. The number of ketones is 1. The predicted octanol–water partition coefficient (Wildman–Crippen LogP) is 4.66. The van der Waals surface area contributed by atoms with E-state index in [2.05, 4.69) is 0 Å². The molecule has 0 N–H and O–H groups in total. The highest BCUT2D eigenvalue weighted by Gasteiger charge is 2.16. The summed E-state index contributed by atoms with van der Waals surface area (Å²) in [6.07, 6.45) is 0. The maximum Gasteiger partial charge on any atom is 0.203 e. The molecule has 4 heteroatoms. The van der Waals surface area contributed by atoms with E-state index >= 15 is 0 Å². The largest absolute Gasteiger partial charge is 0.288 e.